The van der Waals surface area contributed by atoms with Crippen molar-refractivity contribution in [2.45, 2.75) is 25.8 Å². The van der Waals surface area contributed by atoms with E-state index in [1.807, 2.05) is 98.8 Å². The number of hydrogen-bond donors (Lipinski definition) is 3. The first-order valence-electron chi connectivity index (χ1n) is 13.0. The molecule has 0 saturated heterocycles. The van der Waals surface area contributed by atoms with Gasteiger partial charge >= 0.3 is 0 Å². The topological polar surface area (TPSA) is 83.4 Å². The first kappa shape index (κ1) is 25.8. The molecule has 5 aromatic rings. The maximum atomic E-state index is 14.2. The van der Waals surface area contributed by atoms with Crippen LogP contribution in [0.25, 0.3) is 11.0 Å². The molecule has 3 N–H and O–H groups in total. The highest BCUT2D eigenvalue weighted by Gasteiger charge is 2.34. The molecule has 0 aliphatic carbocycles. The second kappa shape index (κ2) is 11.7. The molecule has 5 rings (SSSR count). The van der Waals surface area contributed by atoms with E-state index in [4.69, 9.17) is 4.42 Å². The van der Waals surface area contributed by atoms with Crippen LogP contribution in [0, 0.1) is 13.8 Å². The normalized spacial score (nSPS) is 12.5. The molecule has 1 aromatic heterocycles. The molecule has 2 atom stereocenters. The maximum Gasteiger partial charge on any atom is 0.234 e. The van der Waals surface area contributed by atoms with Gasteiger partial charge in [-0.25, -0.2) is 0 Å². The van der Waals surface area contributed by atoms with Gasteiger partial charge in [-0.2, -0.15) is 0 Å². The number of amides is 1. The summed E-state index contributed by atoms with van der Waals surface area (Å²) in [6.07, 6.45) is 1.43. The molecule has 0 aliphatic rings. The zero-order chi connectivity index (χ0) is 27.2. The number of benzene rings is 4. The van der Waals surface area contributed by atoms with Gasteiger partial charge in [0, 0.05) is 29.2 Å². The van der Waals surface area contributed by atoms with E-state index >= 15 is 0 Å². The number of carbonyl (C=O) groups is 1. The minimum Gasteiger partial charge on any atom is -0.464 e. The van der Waals surface area contributed by atoms with Gasteiger partial charge in [0.15, 0.2) is 5.43 Å². The van der Waals surface area contributed by atoms with Crippen LogP contribution in [0.1, 0.15) is 22.6 Å². The first-order chi connectivity index (χ1) is 19.0. The SMILES string of the molecule is Cc1cccc(C)c1NC(=O)C(c1coc2ccccc2c1=O)C(CNc1ccccc1)Nc1ccccc1. The largest absolute Gasteiger partial charge is 0.464 e. The monoisotopic (exact) mass is 517 g/mol. The van der Waals surface area contributed by atoms with Crippen molar-refractivity contribution in [3.05, 3.63) is 136 Å². The Morgan fingerprint density at radius 2 is 1.38 bits per heavy atom. The van der Waals surface area contributed by atoms with Crippen molar-refractivity contribution < 1.29 is 9.21 Å². The molecule has 4 aromatic carbocycles. The minimum absolute atomic E-state index is 0.224. The summed E-state index contributed by atoms with van der Waals surface area (Å²) in [5, 5.41) is 10.5. The molecule has 6 nitrogen and oxygen atoms in total. The first-order valence-corrected chi connectivity index (χ1v) is 13.0. The fourth-order valence-electron chi connectivity index (χ4n) is 4.85. The number of para-hydroxylation sites is 4. The molecular formula is C33H31N3O3. The van der Waals surface area contributed by atoms with E-state index in [0.29, 0.717) is 23.1 Å². The Morgan fingerprint density at radius 3 is 2.08 bits per heavy atom. The number of nitrogens with one attached hydrogen (secondary N) is 3. The summed E-state index contributed by atoms with van der Waals surface area (Å²) in [5.74, 6) is -1.17. The molecule has 0 fully saturated rings. The third-order valence-corrected chi connectivity index (χ3v) is 6.88. The molecule has 0 saturated carbocycles. The fraction of sp³-hybridized carbons (Fsp3) is 0.152. The Kier molecular flexibility index (Phi) is 7.73. The molecule has 196 valence electrons. The second-order valence-electron chi connectivity index (χ2n) is 9.61. The van der Waals surface area contributed by atoms with Crippen molar-refractivity contribution in [2.24, 2.45) is 0 Å². The average Bonchev–Trinajstić information content (AvgIpc) is 2.96. The number of fused-ring (bicyclic) bond motifs is 1. The summed E-state index contributed by atoms with van der Waals surface area (Å²) in [6.45, 7) is 4.29. The standard InChI is InChI=1S/C33H31N3O3/c1-22-12-11-13-23(2)31(22)36-33(38)30(27-21-39-29-19-10-9-18-26(29)32(27)37)28(35-25-16-7-4-8-17-25)20-34-24-14-5-3-6-15-24/h3-19,21,28,30,34-35H,20H2,1-2H3,(H,36,38). The highest BCUT2D eigenvalue weighted by atomic mass is 16.3. The van der Waals surface area contributed by atoms with Crippen LogP contribution in [0.15, 0.2) is 119 Å². The molecule has 1 amide bonds. The highest BCUT2D eigenvalue weighted by Crippen LogP contribution is 2.28. The van der Waals surface area contributed by atoms with Crippen molar-refractivity contribution in [1.82, 2.24) is 0 Å². The van der Waals surface area contributed by atoms with Gasteiger partial charge in [0.1, 0.15) is 5.58 Å². The number of carbonyl (C=O) groups excluding carboxylic acids is 1. The van der Waals surface area contributed by atoms with Crippen molar-refractivity contribution in [1.29, 1.82) is 0 Å². The van der Waals surface area contributed by atoms with Crippen molar-refractivity contribution in [3.8, 4) is 0 Å². The molecular weight excluding hydrogens is 486 g/mol. The van der Waals surface area contributed by atoms with Crippen molar-refractivity contribution >= 4 is 33.9 Å². The second-order valence-corrected chi connectivity index (χ2v) is 9.61. The van der Waals surface area contributed by atoms with Gasteiger partial charge in [0.25, 0.3) is 0 Å². The lowest BCUT2D eigenvalue weighted by Crippen LogP contribution is -2.42. The van der Waals surface area contributed by atoms with Crippen LogP contribution < -0.4 is 21.4 Å². The third kappa shape index (κ3) is 5.85. The van der Waals surface area contributed by atoms with E-state index in [2.05, 4.69) is 16.0 Å². The zero-order valence-corrected chi connectivity index (χ0v) is 22.0. The van der Waals surface area contributed by atoms with E-state index < -0.39 is 12.0 Å². The van der Waals surface area contributed by atoms with Gasteiger partial charge in [0.2, 0.25) is 5.91 Å². The van der Waals surface area contributed by atoms with Crippen LogP contribution in [-0.4, -0.2) is 18.5 Å². The predicted octanol–water partition coefficient (Wildman–Crippen LogP) is 6.72. The minimum atomic E-state index is -0.874. The lowest BCUT2D eigenvalue weighted by molar-refractivity contribution is -0.117. The Labute approximate surface area is 227 Å². The lowest BCUT2D eigenvalue weighted by Gasteiger charge is -2.29. The van der Waals surface area contributed by atoms with Crippen LogP contribution >= 0.6 is 0 Å². The molecule has 0 aliphatic heterocycles. The Bertz CT molecular complexity index is 1610. The summed E-state index contributed by atoms with van der Waals surface area (Å²) in [7, 11) is 0. The summed E-state index contributed by atoms with van der Waals surface area (Å²) < 4.78 is 5.89. The number of aryl methyl sites for hydroxylation is 2. The van der Waals surface area contributed by atoms with Crippen LogP contribution in [0.4, 0.5) is 17.1 Å². The zero-order valence-electron chi connectivity index (χ0n) is 22.0. The van der Waals surface area contributed by atoms with Gasteiger partial charge in [-0.05, 0) is 61.4 Å². The van der Waals surface area contributed by atoms with Crippen LogP contribution in [0.3, 0.4) is 0 Å². The summed E-state index contributed by atoms with van der Waals surface area (Å²) >= 11 is 0. The Balaban J connectivity index is 1.61. The van der Waals surface area contributed by atoms with Gasteiger partial charge in [-0.3, -0.25) is 9.59 Å². The predicted molar refractivity (Wildman–Crippen MR) is 159 cm³/mol. The highest BCUT2D eigenvalue weighted by molar-refractivity contribution is 5.98. The molecule has 39 heavy (non-hydrogen) atoms. The average molecular weight is 518 g/mol. The fourth-order valence-corrected chi connectivity index (χ4v) is 4.85. The van der Waals surface area contributed by atoms with Crippen LogP contribution in [-0.2, 0) is 4.79 Å². The Morgan fingerprint density at radius 1 is 0.769 bits per heavy atom. The van der Waals surface area contributed by atoms with Crippen molar-refractivity contribution in [2.75, 3.05) is 22.5 Å². The van der Waals surface area contributed by atoms with E-state index in [0.717, 1.165) is 28.2 Å². The number of anilines is 3. The molecule has 1 heterocycles. The summed E-state index contributed by atoms with van der Waals surface area (Å²) in [5.41, 5.74) is 4.94. The molecule has 0 radical (unpaired) electrons. The van der Waals surface area contributed by atoms with E-state index in [1.165, 1.54) is 6.26 Å². The van der Waals surface area contributed by atoms with Gasteiger partial charge in [0.05, 0.1) is 23.6 Å². The summed E-state index contributed by atoms with van der Waals surface area (Å²) in [4.78, 5) is 28.0. The van der Waals surface area contributed by atoms with E-state index in [1.54, 1.807) is 18.2 Å². The third-order valence-electron chi connectivity index (χ3n) is 6.88. The van der Waals surface area contributed by atoms with E-state index in [-0.39, 0.29) is 11.3 Å². The van der Waals surface area contributed by atoms with Gasteiger partial charge in [-0.15, -0.1) is 0 Å². The smallest absolute Gasteiger partial charge is 0.234 e. The molecule has 0 bridgehead atoms. The molecule has 2 unspecified atom stereocenters. The van der Waals surface area contributed by atoms with Crippen LogP contribution in [0.5, 0.6) is 0 Å². The number of hydrogen-bond acceptors (Lipinski definition) is 5. The quantitative estimate of drug-likeness (QED) is 0.202. The Hall–Kier alpha value is -4.84. The van der Waals surface area contributed by atoms with Crippen LogP contribution in [0.2, 0.25) is 0 Å². The maximum absolute atomic E-state index is 14.2. The molecule has 6 heteroatoms. The molecule has 0 spiro atoms. The van der Waals surface area contributed by atoms with E-state index in [9.17, 15) is 9.59 Å². The van der Waals surface area contributed by atoms with Gasteiger partial charge in [-0.1, -0.05) is 66.7 Å². The lowest BCUT2D eigenvalue weighted by atomic mass is 9.89. The van der Waals surface area contributed by atoms with Gasteiger partial charge < -0.3 is 20.4 Å². The number of rotatable bonds is 9. The summed E-state index contributed by atoms with van der Waals surface area (Å²) in [6, 6.07) is 31.9. The van der Waals surface area contributed by atoms with Crippen molar-refractivity contribution in [3.63, 3.8) is 0 Å².